The Kier molecular flexibility index (Phi) is 6.90. The average molecular weight is 497 g/mol. The zero-order chi connectivity index (χ0) is 24.4. The molecule has 10 heteroatoms. The fraction of sp³-hybridized carbons (Fsp3) is 0.292. The molecule has 8 nitrogen and oxygen atoms in total. The van der Waals surface area contributed by atoms with Crippen LogP contribution >= 0.6 is 22.7 Å². The van der Waals surface area contributed by atoms with E-state index in [2.05, 4.69) is 15.3 Å². The second kappa shape index (κ2) is 9.86. The molecule has 1 atom stereocenters. The number of ether oxygens (including phenoxy) is 1. The van der Waals surface area contributed by atoms with Gasteiger partial charge >= 0.3 is 5.97 Å². The lowest BCUT2D eigenvalue weighted by atomic mass is 10.2. The van der Waals surface area contributed by atoms with E-state index in [9.17, 15) is 14.4 Å². The first-order valence-corrected chi connectivity index (χ1v) is 12.4. The van der Waals surface area contributed by atoms with Crippen molar-refractivity contribution in [2.24, 2.45) is 5.92 Å². The van der Waals surface area contributed by atoms with Crippen molar-refractivity contribution in [3.63, 3.8) is 0 Å². The van der Waals surface area contributed by atoms with E-state index in [1.54, 1.807) is 13.8 Å². The molecule has 1 N–H and O–H groups in total. The normalized spacial score (nSPS) is 12.1. The summed E-state index contributed by atoms with van der Waals surface area (Å²) < 4.78 is 6.59. The molecule has 1 amide bonds. The summed E-state index contributed by atoms with van der Waals surface area (Å²) in [6.45, 7) is 7.51. The molecule has 34 heavy (non-hydrogen) atoms. The summed E-state index contributed by atoms with van der Waals surface area (Å²) in [7, 11) is 0. The minimum absolute atomic E-state index is 0.204. The van der Waals surface area contributed by atoms with Gasteiger partial charge in [-0.15, -0.1) is 22.7 Å². The zero-order valence-electron chi connectivity index (χ0n) is 19.2. The third-order valence-electron chi connectivity index (χ3n) is 5.21. The number of benzene rings is 1. The maximum absolute atomic E-state index is 13.2. The van der Waals surface area contributed by atoms with Crippen LogP contribution in [0.25, 0.3) is 21.5 Å². The Morgan fingerprint density at radius 2 is 1.91 bits per heavy atom. The fourth-order valence-corrected chi connectivity index (χ4v) is 5.08. The first kappa shape index (κ1) is 23.8. The van der Waals surface area contributed by atoms with Crippen molar-refractivity contribution < 1.29 is 14.3 Å². The number of carbonyl (C=O) groups is 2. The smallest absolute Gasteiger partial charge is 0.348 e. The Morgan fingerprint density at radius 3 is 2.62 bits per heavy atom. The van der Waals surface area contributed by atoms with Gasteiger partial charge in [-0.1, -0.05) is 44.2 Å². The Balaban J connectivity index is 1.56. The summed E-state index contributed by atoms with van der Waals surface area (Å²) in [5, 5.41) is 5.41. The number of fused-ring (bicyclic) bond motifs is 1. The van der Waals surface area contributed by atoms with Gasteiger partial charge in [0.15, 0.2) is 5.13 Å². The number of nitrogens with zero attached hydrogens (tertiary/aromatic N) is 3. The lowest BCUT2D eigenvalue weighted by Crippen LogP contribution is -2.31. The highest BCUT2D eigenvalue weighted by molar-refractivity contribution is 7.20. The first-order chi connectivity index (χ1) is 16.3. The average Bonchev–Trinajstić information content (AvgIpc) is 3.42. The van der Waals surface area contributed by atoms with Crippen LogP contribution in [0.2, 0.25) is 0 Å². The quantitative estimate of drug-likeness (QED) is 0.365. The van der Waals surface area contributed by atoms with Crippen molar-refractivity contribution in [3.8, 4) is 11.3 Å². The highest BCUT2D eigenvalue weighted by atomic mass is 32.1. The summed E-state index contributed by atoms with van der Waals surface area (Å²) in [5.41, 5.74) is 1.85. The molecule has 1 aromatic carbocycles. The topological polar surface area (TPSA) is 103 Å². The summed E-state index contributed by atoms with van der Waals surface area (Å²) in [4.78, 5) is 48.2. The van der Waals surface area contributed by atoms with Gasteiger partial charge in [0.05, 0.1) is 24.0 Å². The molecule has 3 aromatic heterocycles. The molecule has 3 heterocycles. The summed E-state index contributed by atoms with van der Waals surface area (Å²) >= 11 is 2.43. The molecule has 0 fully saturated rings. The molecule has 0 bridgehead atoms. The highest BCUT2D eigenvalue weighted by Gasteiger charge is 2.24. The summed E-state index contributed by atoms with van der Waals surface area (Å²) in [6, 6.07) is 8.83. The number of aryl methyl sites for hydroxylation is 1. The lowest BCUT2D eigenvalue weighted by Gasteiger charge is -2.13. The van der Waals surface area contributed by atoms with Crippen LogP contribution in [0, 0.1) is 12.8 Å². The number of thiophene rings is 1. The van der Waals surface area contributed by atoms with Crippen LogP contribution < -0.4 is 10.9 Å². The molecule has 0 aliphatic rings. The van der Waals surface area contributed by atoms with Crippen LogP contribution in [0.5, 0.6) is 0 Å². The van der Waals surface area contributed by atoms with E-state index in [-0.39, 0.29) is 17.4 Å². The van der Waals surface area contributed by atoms with Crippen LogP contribution in [0.3, 0.4) is 0 Å². The number of anilines is 1. The van der Waals surface area contributed by atoms with Crippen molar-refractivity contribution in [3.05, 3.63) is 62.8 Å². The van der Waals surface area contributed by atoms with E-state index in [4.69, 9.17) is 4.74 Å². The van der Waals surface area contributed by atoms with E-state index in [1.807, 2.05) is 49.6 Å². The largest absolute Gasteiger partial charge is 0.461 e. The van der Waals surface area contributed by atoms with E-state index in [1.165, 1.54) is 22.2 Å². The van der Waals surface area contributed by atoms with E-state index in [0.717, 1.165) is 22.6 Å². The molecule has 0 radical (unpaired) electrons. The number of carbonyl (C=O) groups excluding carboxylic acids is 2. The number of rotatable bonds is 7. The number of amides is 1. The van der Waals surface area contributed by atoms with Crippen molar-refractivity contribution in [2.45, 2.75) is 33.7 Å². The number of esters is 1. The van der Waals surface area contributed by atoms with Crippen molar-refractivity contribution in [1.82, 2.24) is 14.5 Å². The van der Waals surface area contributed by atoms with Gasteiger partial charge in [-0.2, -0.15) is 0 Å². The van der Waals surface area contributed by atoms with E-state index >= 15 is 0 Å². The molecule has 4 rings (SSSR count). The molecule has 0 spiro atoms. The Bertz CT molecular complexity index is 1410. The minimum Gasteiger partial charge on any atom is -0.461 e. The standard InChI is InChI=1S/C24H24N4O4S2/c1-13(2)10-32-23(31)19-14(3)18-21(34-19)25-12-28(22(18)30)15(4)20(29)27-24-26-17(11-33-24)16-8-6-5-7-9-16/h5-9,11-13,15H,10H2,1-4H3,(H,26,27,29). The Labute approximate surface area is 204 Å². The molecule has 0 saturated carbocycles. The van der Waals surface area contributed by atoms with Crippen LogP contribution in [-0.4, -0.2) is 33.0 Å². The molecule has 4 aromatic rings. The predicted octanol–water partition coefficient (Wildman–Crippen LogP) is 4.90. The van der Waals surface area contributed by atoms with Crippen LogP contribution in [0.15, 0.2) is 46.8 Å². The fourth-order valence-electron chi connectivity index (χ4n) is 3.32. The minimum atomic E-state index is -0.830. The molecule has 0 aliphatic heterocycles. The number of hydrogen-bond donors (Lipinski definition) is 1. The summed E-state index contributed by atoms with van der Waals surface area (Å²) in [5.74, 6) is -0.652. The highest BCUT2D eigenvalue weighted by Crippen LogP contribution is 2.28. The molecule has 1 unspecified atom stereocenters. The second-order valence-corrected chi connectivity index (χ2v) is 10.1. The zero-order valence-corrected chi connectivity index (χ0v) is 20.8. The molecule has 176 valence electrons. The molecule has 0 saturated heterocycles. The third kappa shape index (κ3) is 4.78. The third-order valence-corrected chi connectivity index (χ3v) is 7.15. The van der Waals surface area contributed by atoms with Crippen molar-refractivity contribution in [2.75, 3.05) is 11.9 Å². The first-order valence-electron chi connectivity index (χ1n) is 10.8. The van der Waals surface area contributed by atoms with Crippen LogP contribution in [0.1, 0.15) is 42.0 Å². The maximum atomic E-state index is 13.2. The van der Waals surface area contributed by atoms with Gasteiger partial charge in [0.1, 0.15) is 15.7 Å². The van der Waals surface area contributed by atoms with E-state index < -0.39 is 12.0 Å². The number of hydrogen-bond acceptors (Lipinski definition) is 8. The SMILES string of the molecule is Cc1c(C(=O)OCC(C)C)sc2ncn(C(C)C(=O)Nc3nc(-c4ccccc4)cs3)c(=O)c12. The Hall–Kier alpha value is -3.37. The summed E-state index contributed by atoms with van der Waals surface area (Å²) in [6.07, 6.45) is 1.34. The molecular formula is C24H24N4O4S2. The van der Waals surface area contributed by atoms with Crippen molar-refractivity contribution >= 4 is 49.9 Å². The van der Waals surface area contributed by atoms with Gasteiger partial charge < -0.3 is 10.1 Å². The van der Waals surface area contributed by atoms with Gasteiger partial charge in [-0.3, -0.25) is 14.2 Å². The van der Waals surface area contributed by atoms with Gasteiger partial charge in [-0.25, -0.2) is 14.8 Å². The van der Waals surface area contributed by atoms with E-state index in [0.29, 0.717) is 32.4 Å². The number of aromatic nitrogens is 3. The van der Waals surface area contributed by atoms with Crippen LogP contribution in [-0.2, 0) is 9.53 Å². The Morgan fingerprint density at radius 1 is 1.18 bits per heavy atom. The van der Waals surface area contributed by atoms with Gasteiger partial charge in [0.2, 0.25) is 5.91 Å². The monoisotopic (exact) mass is 496 g/mol. The lowest BCUT2D eigenvalue weighted by molar-refractivity contribution is -0.118. The molecule has 0 aliphatic carbocycles. The van der Waals surface area contributed by atoms with Crippen molar-refractivity contribution in [1.29, 1.82) is 0 Å². The van der Waals surface area contributed by atoms with Gasteiger partial charge in [0.25, 0.3) is 5.56 Å². The number of thiazole rings is 1. The van der Waals surface area contributed by atoms with Crippen LogP contribution in [0.4, 0.5) is 5.13 Å². The van der Waals surface area contributed by atoms with Gasteiger partial charge in [-0.05, 0) is 25.3 Å². The molecular weight excluding hydrogens is 472 g/mol. The maximum Gasteiger partial charge on any atom is 0.348 e. The van der Waals surface area contributed by atoms with Gasteiger partial charge in [0, 0.05) is 10.9 Å². The number of nitrogens with one attached hydrogen (secondary N) is 1. The predicted molar refractivity (Wildman–Crippen MR) is 135 cm³/mol. The second-order valence-electron chi connectivity index (χ2n) is 8.25.